The van der Waals surface area contributed by atoms with E-state index >= 15 is 0 Å². The van der Waals surface area contributed by atoms with E-state index in [0.29, 0.717) is 0 Å². The van der Waals surface area contributed by atoms with E-state index in [1.54, 1.807) is 13.8 Å². The van der Waals surface area contributed by atoms with Crippen LogP contribution in [0.5, 0.6) is 0 Å². The molecule has 0 fully saturated rings. The van der Waals surface area contributed by atoms with E-state index in [9.17, 15) is 14.2 Å². The van der Waals surface area contributed by atoms with E-state index < -0.39 is 25.9 Å². The molecule has 0 spiro atoms. The molecule has 2 atom stereocenters. The lowest BCUT2D eigenvalue weighted by molar-refractivity contribution is -0.148. The molecular weight excluding hydrogens is 247 g/mol. The van der Waals surface area contributed by atoms with Crippen LogP contribution >= 0.6 is 8.03 Å². The zero-order valence-electron chi connectivity index (χ0n) is 10.0. The second-order valence-electron chi connectivity index (χ2n) is 3.33. The number of carbonyl (C=O) groups excluding carboxylic acids is 2. The minimum atomic E-state index is -2.42. The fraction of sp³-hybridized carbons (Fsp3) is 0.800. The highest BCUT2D eigenvalue weighted by Crippen LogP contribution is 2.23. The first-order valence-electron chi connectivity index (χ1n) is 5.47. The van der Waals surface area contributed by atoms with Gasteiger partial charge in [-0.2, -0.15) is 4.89 Å². The highest BCUT2D eigenvalue weighted by Gasteiger charge is 2.29. The smallest absolute Gasteiger partial charge is 0.466 e. The van der Waals surface area contributed by atoms with Gasteiger partial charge in [-0.25, -0.2) is 0 Å². The predicted molar refractivity (Wildman–Crippen MR) is 60.7 cm³/mol. The van der Waals surface area contributed by atoms with Crippen molar-refractivity contribution in [2.24, 2.45) is 5.92 Å². The first-order chi connectivity index (χ1) is 8.01. The molecule has 0 aliphatic rings. The lowest BCUT2D eigenvalue weighted by Gasteiger charge is -2.09. The van der Waals surface area contributed by atoms with Gasteiger partial charge in [-0.15, -0.1) is 0 Å². The molecule has 0 aliphatic carbocycles. The third-order valence-electron chi connectivity index (χ3n) is 2.00. The monoisotopic (exact) mass is 265 g/mol. The molecule has 0 amide bonds. The van der Waals surface area contributed by atoms with Crippen molar-refractivity contribution in [3.63, 3.8) is 0 Å². The fourth-order valence-electron chi connectivity index (χ4n) is 1.26. The van der Waals surface area contributed by atoms with E-state index in [0.717, 1.165) is 0 Å². The largest absolute Gasteiger partial charge is 0.506 e. The van der Waals surface area contributed by atoms with E-state index in [-0.39, 0.29) is 32.2 Å². The minimum absolute atomic E-state index is 0.0422. The summed E-state index contributed by atoms with van der Waals surface area (Å²) < 4.78 is 20.2. The maximum absolute atomic E-state index is 11.4. The zero-order valence-corrected chi connectivity index (χ0v) is 10.9. The average Bonchev–Trinajstić information content (AvgIpc) is 2.24. The Hall–Kier alpha value is -1.00. The van der Waals surface area contributed by atoms with E-state index in [2.05, 4.69) is 0 Å². The molecule has 0 saturated carbocycles. The van der Waals surface area contributed by atoms with Crippen LogP contribution in [0.4, 0.5) is 0 Å². The molecule has 0 aromatic rings. The topological polar surface area (TPSA) is 89.9 Å². The Labute approximate surface area is 101 Å². The standard InChI is InChI=1S/C10H17O6P/c1-3-15-9(11)6-5-8(7-17(13)14)10(12)16-4-2/h8H,3-7H2,1-2H3/p+1. The number of carbonyl (C=O) groups is 2. The highest BCUT2D eigenvalue weighted by molar-refractivity contribution is 7.38. The summed E-state index contributed by atoms with van der Waals surface area (Å²) in [6.07, 6.45) is 0.0212. The summed E-state index contributed by atoms with van der Waals surface area (Å²) in [7, 11) is -2.42. The van der Waals surface area contributed by atoms with Crippen LogP contribution in [0, 0.1) is 5.92 Å². The normalized spacial score (nSPS) is 12.8. The molecule has 0 rings (SSSR count). The van der Waals surface area contributed by atoms with Gasteiger partial charge in [0.1, 0.15) is 5.92 Å². The van der Waals surface area contributed by atoms with Crippen LogP contribution in [0.1, 0.15) is 26.7 Å². The van der Waals surface area contributed by atoms with Crippen LogP contribution in [-0.4, -0.2) is 36.2 Å². The first-order valence-corrected chi connectivity index (χ1v) is 6.86. The third kappa shape index (κ3) is 7.82. The van der Waals surface area contributed by atoms with Crippen molar-refractivity contribution in [3.8, 4) is 0 Å². The van der Waals surface area contributed by atoms with Crippen molar-refractivity contribution < 1.29 is 28.5 Å². The second kappa shape index (κ2) is 9.07. The van der Waals surface area contributed by atoms with Crippen LogP contribution in [0.25, 0.3) is 0 Å². The molecule has 1 N–H and O–H groups in total. The Kier molecular flexibility index (Phi) is 8.54. The Morgan fingerprint density at radius 2 is 1.82 bits per heavy atom. The maximum Gasteiger partial charge on any atom is 0.506 e. The number of hydrogen-bond donors (Lipinski definition) is 1. The molecule has 6 nitrogen and oxygen atoms in total. The molecular formula is C10H18O6P+. The van der Waals surface area contributed by atoms with E-state index in [4.69, 9.17) is 14.4 Å². The summed E-state index contributed by atoms with van der Waals surface area (Å²) in [5, 5.41) is 0. The molecule has 0 aromatic heterocycles. The van der Waals surface area contributed by atoms with Crippen molar-refractivity contribution >= 4 is 20.0 Å². The Morgan fingerprint density at radius 1 is 1.24 bits per heavy atom. The molecule has 98 valence electrons. The van der Waals surface area contributed by atoms with Crippen molar-refractivity contribution in [2.45, 2.75) is 26.7 Å². The average molecular weight is 265 g/mol. The van der Waals surface area contributed by atoms with Crippen molar-refractivity contribution in [2.75, 3.05) is 19.4 Å². The number of rotatable bonds is 8. The predicted octanol–water partition coefficient (Wildman–Crippen LogP) is 1.24. The zero-order chi connectivity index (χ0) is 13.3. The lowest BCUT2D eigenvalue weighted by Crippen LogP contribution is -2.21. The fourth-order valence-corrected chi connectivity index (χ4v) is 1.97. The van der Waals surface area contributed by atoms with Gasteiger partial charge < -0.3 is 9.47 Å². The van der Waals surface area contributed by atoms with Gasteiger partial charge in [0, 0.05) is 6.42 Å². The molecule has 0 aromatic carbocycles. The lowest BCUT2D eigenvalue weighted by atomic mass is 10.1. The van der Waals surface area contributed by atoms with E-state index in [1.807, 2.05) is 0 Å². The Bertz CT molecular complexity index is 278. The molecule has 0 radical (unpaired) electrons. The summed E-state index contributed by atoms with van der Waals surface area (Å²) >= 11 is 0. The van der Waals surface area contributed by atoms with Gasteiger partial charge in [-0.1, -0.05) is 0 Å². The van der Waals surface area contributed by atoms with Crippen LogP contribution < -0.4 is 0 Å². The first kappa shape index (κ1) is 16.0. The molecule has 0 aliphatic heterocycles. The molecule has 0 heterocycles. The van der Waals surface area contributed by atoms with Gasteiger partial charge >= 0.3 is 20.0 Å². The molecule has 7 heteroatoms. The number of esters is 2. The number of ether oxygens (including phenoxy) is 2. The van der Waals surface area contributed by atoms with E-state index in [1.165, 1.54) is 0 Å². The quantitative estimate of drug-likeness (QED) is 0.524. The van der Waals surface area contributed by atoms with Crippen LogP contribution in [0.15, 0.2) is 0 Å². The molecule has 0 saturated heterocycles. The summed E-state index contributed by atoms with van der Waals surface area (Å²) in [4.78, 5) is 31.3. The van der Waals surface area contributed by atoms with Gasteiger partial charge in [0.15, 0.2) is 6.16 Å². The van der Waals surface area contributed by atoms with Gasteiger partial charge in [0.25, 0.3) is 0 Å². The maximum atomic E-state index is 11.4. The SMILES string of the molecule is CCOC(=O)CCC(C[P+](=O)O)C(=O)OCC. The summed E-state index contributed by atoms with van der Waals surface area (Å²) in [6, 6.07) is 0. The van der Waals surface area contributed by atoms with Crippen LogP contribution in [0.2, 0.25) is 0 Å². The summed E-state index contributed by atoms with van der Waals surface area (Å²) in [5.74, 6) is -1.70. The summed E-state index contributed by atoms with van der Waals surface area (Å²) in [5.41, 5.74) is 0. The highest BCUT2D eigenvalue weighted by atomic mass is 31.1. The molecule has 2 unspecified atom stereocenters. The summed E-state index contributed by atoms with van der Waals surface area (Å²) in [6.45, 7) is 3.82. The van der Waals surface area contributed by atoms with Gasteiger partial charge in [-0.3, -0.25) is 9.59 Å². The van der Waals surface area contributed by atoms with Gasteiger partial charge in [0.2, 0.25) is 0 Å². The number of hydrogen-bond acceptors (Lipinski definition) is 5. The van der Waals surface area contributed by atoms with Crippen molar-refractivity contribution in [1.82, 2.24) is 0 Å². The Balaban J connectivity index is 4.23. The van der Waals surface area contributed by atoms with Crippen LogP contribution in [-0.2, 0) is 23.6 Å². The minimum Gasteiger partial charge on any atom is -0.466 e. The third-order valence-corrected chi connectivity index (χ3v) is 2.75. The van der Waals surface area contributed by atoms with Crippen LogP contribution in [0.3, 0.4) is 0 Å². The van der Waals surface area contributed by atoms with Crippen molar-refractivity contribution in [3.05, 3.63) is 0 Å². The molecule has 17 heavy (non-hydrogen) atoms. The van der Waals surface area contributed by atoms with Gasteiger partial charge in [-0.05, 0) is 24.8 Å². The molecule has 0 bridgehead atoms. The van der Waals surface area contributed by atoms with Crippen molar-refractivity contribution in [1.29, 1.82) is 0 Å². The van der Waals surface area contributed by atoms with Gasteiger partial charge in [0.05, 0.1) is 13.2 Å². The Morgan fingerprint density at radius 3 is 2.29 bits per heavy atom. The second-order valence-corrected chi connectivity index (χ2v) is 4.40.